The molecule has 0 atom stereocenters. The lowest BCUT2D eigenvalue weighted by molar-refractivity contribution is -0.398. The molecule has 19 heavy (non-hydrogen) atoms. The number of nitrogens with zero attached hydrogens (tertiary/aromatic N) is 2. The van der Waals surface area contributed by atoms with Crippen LogP contribution in [0.5, 0.6) is 5.75 Å². The lowest BCUT2D eigenvalue weighted by Crippen LogP contribution is -1.98. The maximum atomic E-state index is 11.2. The summed E-state index contributed by atoms with van der Waals surface area (Å²) < 4.78 is 0. The average molecular weight is 255 g/mol. The summed E-state index contributed by atoms with van der Waals surface area (Å²) in [4.78, 5) is 14.1. The summed E-state index contributed by atoms with van der Waals surface area (Å²) in [5.41, 5.74) is 1.17. The van der Waals surface area contributed by atoms with Crippen LogP contribution in [0.15, 0.2) is 53.5 Å². The molecule has 0 spiro atoms. The van der Waals surface area contributed by atoms with E-state index in [-0.39, 0.29) is 0 Å². The van der Waals surface area contributed by atoms with E-state index in [0.29, 0.717) is 12.1 Å². The molecule has 0 unspecified atom stereocenters. The zero-order valence-electron chi connectivity index (χ0n) is 10.0. The summed E-state index contributed by atoms with van der Waals surface area (Å²) in [7, 11) is 0. The Kier molecular flexibility index (Phi) is 3.87. The molecule has 5 nitrogen and oxygen atoms in total. The van der Waals surface area contributed by atoms with E-state index in [1.165, 1.54) is 24.4 Å². The van der Waals surface area contributed by atoms with Gasteiger partial charge in [0.15, 0.2) is 0 Å². The standard InChI is InChI=1S/C14H12N2O3/c17-14-7-6-12(8-13(14)16(18)19)10-15-9-11-4-2-1-3-5-11/h1-8,10,17H,9H2/p-1. The first-order chi connectivity index (χ1) is 9.16. The number of benzene rings is 2. The van der Waals surface area contributed by atoms with Crippen LogP contribution in [-0.2, 0) is 6.54 Å². The molecule has 0 radical (unpaired) electrons. The van der Waals surface area contributed by atoms with Gasteiger partial charge < -0.3 is 5.11 Å². The topological polar surface area (TPSA) is 78.6 Å². The van der Waals surface area contributed by atoms with Crippen LogP contribution in [-0.4, -0.2) is 11.1 Å². The van der Waals surface area contributed by atoms with Gasteiger partial charge in [0.2, 0.25) is 0 Å². The largest absolute Gasteiger partial charge is 0.868 e. The molecule has 2 rings (SSSR count). The van der Waals surface area contributed by atoms with Gasteiger partial charge in [0, 0.05) is 12.3 Å². The van der Waals surface area contributed by atoms with Crippen molar-refractivity contribution in [3.8, 4) is 5.75 Å². The van der Waals surface area contributed by atoms with Gasteiger partial charge in [0.05, 0.1) is 11.5 Å². The zero-order chi connectivity index (χ0) is 13.7. The second kappa shape index (κ2) is 5.77. The van der Waals surface area contributed by atoms with Crippen LogP contribution in [0.4, 0.5) is 5.69 Å². The molecule has 2 aromatic carbocycles. The smallest absolute Gasteiger partial charge is 0.262 e. The molecule has 5 heteroatoms. The summed E-state index contributed by atoms with van der Waals surface area (Å²) in [5, 5.41) is 21.9. The second-order valence-electron chi connectivity index (χ2n) is 3.94. The van der Waals surface area contributed by atoms with Crippen molar-refractivity contribution in [3.05, 3.63) is 69.8 Å². The second-order valence-corrected chi connectivity index (χ2v) is 3.94. The minimum absolute atomic E-state index is 0.427. The molecule has 0 saturated heterocycles. The van der Waals surface area contributed by atoms with Crippen molar-refractivity contribution in [1.29, 1.82) is 0 Å². The minimum atomic E-state index is -0.684. The number of rotatable bonds is 4. The molecular formula is C14H11N2O3-. The minimum Gasteiger partial charge on any atom is -0.868 e. The Morgan fingerprint density at radius 3 is 2.58 bits per heavy atom. The number of nitro groups is 1. The highest BCUT2D eigenvalue weighted by Crippen LogP contribution is 2.22. The van der Waals surface area contributed by atoms with Gasteiger partial charge in [-0.15, -0.1) is 0 Å². The highest BCUT2D eigenvalue weighted by atomic mass is 16.6. The third kappa shape index (κ3) is 3.38. The maximum Gasteiger partial charge on any atom is 0.262 e. The van der Waals surface area contributed by atoms with Gasteiger partial charge in [-0.2, -0.15) is 0 Å². The number of hydrogen-bond acceptors (Lipinski definition) is 4. The van der Waals surface area contributed by atoms with Gasteiger partial charge >= 0.3 is 0 Å². The fourth-order valence-electron chi connectivity index (χ4n) is 1.60. The number of aliphatic imine (C=N–C) groups is 1. The first-order valence-corrected chi connectivity index (χ1v) is 5.66. The highest BCUT2D eigenvalue weighted by molar-refractivity contribution is 5.81. The Balaban J connectivity index is 2.11. The van der Waals surface area contributed by atoms with Crippen molar-refractivity contribution in [1.82, 2.24) is 0 Å². The van der Waals surface area contributed by atoms with E-state index in [1.54, 1.807) is 0 Å². The third-order valence-electron chi connectivity index (χ3n) is 2.54. The summed E-state index contributed by atoms with van der Waals surface area (Å²) in [6.07, 6.45) is 1.53. The summed E-state index contributed by atoms with van der Waals surface area (Å²) in [5.74, 6) is -0.592. The molecule has 0 fully saturated rings. The van der Waals surface area contributed by atoms with Crippen LogP contribution in [0, 0.1) is 10.1 Å². The number of nitro benzene ring substituents is 1. The molecule has 0 bridgehead atoms. The van der Waals surface area contributed by atoms with Crippen molar-refractivity contribution < 1.29 is 10.0 Å². The molecule has 0 aromatic heterocycles. The third-order valence-corrected chi connectivity index (χ3v) is 2.54. The van der Waals surface area contributed by atoms with Crippen LogP contribution >= 0.6 is 0 Å². The predicted octanol–water partition coefficient (Wildman–Crippen LogP) is 2.29. The average Bonchev–Trinajstić information content (AvgIpc) is 2.41. The first kappa shape index (κ1) is 12.8. The van der Waals surface area contributed by atoms with Crippen LogP contribution in [0.1, 0.15) is 11.1 Å². The fraction of sp³-hybridized carbons (Fsp3) is 0.0714. The Labute approximate surface area is 110 Å². The van der Waals surface area contributed by atoms with E-state index in [2.05, 4.69) is 4.99 Å². The maximum absolute atomic E-state index is 11.2. The van der Waals surface area contributed by atoms with Crippen LogP contribution in [0.2, 0.25) is 0 Å². The monoisotopic (exact) mass is 255 g/mol. The SMILES string of the molecule is O=[N+]([O-])c1cc(C=NCc2ccccc2)ccc1[O-]. The van der Waals surface area contributed by atoms with Crippen LogP contribution in [0.3, 0.4) is 0 Å². The predicted molar refractivity (Wildman–Crippen MR) is 70.3 cm³/mol. The van der Waals surface area contributed by atoms with E-state index in [1.807, 2.05) is 30.3 Å². The van der Waals surface area contributed by atoms with Gasteiger partial charge in [-0.1, -0.05) is 42.5 Å². The van der Waals surface area contributed by atoms with Gasteiger partial charge in [0.1, 0.15) is 0 Å². The van der Waals surface area contributed by atoms with E-state index >= 15 is 0 Å². The zero-order valence-corrected chi connectivity index (χ0v) is 10.0. The van der Waals surface area contributed by atoms with Gasteiger partial charge in [-0.05, 0) is 16.9 Å². The molecule has 0 amide bonds. The summed E-state index contributed by atoms with van der Waals surface area (Å²) in [6.45, 7) is 0.494. The van der Waals surface area contributed by atoms with E-state index in [9.17, 15) is 15.2 Å². The summed E-state index contributed by atoms with van der Waals surface area (Å²) >= 11 is 0. The van der Waals surface area contributed by atoms with Crippen molar-refractivity contribution in [2.24, 2.45) is 4.99 Å². The van der Waals surface area contributed by atoms with Crippen LogP contribution < -0.4 is 5.11 Å². The Morgan fingerprint density at radius 2 is 1.89 bits per heavy atom. The Morgan fingerprint density at radius 1 is 1.16 bits per heavy atom. The Hall–Kier alpha value is -2.69. The molecule has 96 valence electrons. The Bertz CT molecular complexity index is 609. The van der Waals surface area contributed by atoms with Crippen molar-refractivity contribution in [2.75, 3.05) is 0 Å². The van der Waals surface area contributed by atoms with E-state index in [0.717, 1.165) is 5.56 Å². The first-order valence-electron chi connectivity index (χ1n) is 5.66. The van der Waals surface area contributed by atoms with Crippen molar-refractivity contribution >= 4 is 11.9 Å². The summed E-state index contributed by atoms with van der Waals surface area (Å²) in [6, 6.07) is 13.6. The molecule has 0 aliphatic heterocycles. The van der Waals surface area contributed by atoms with E-state index in [4.69, 9.17) is 0 Å². The van der Waals surface area contributed by atoms with Crippen molar-refractivity contribution in [3.63, 3.8) is 0 Å². The molecular weight excluding hydrogens is 244 g/mol. The lowest BCUT2D eigenvalue weighted by Gasteiger charge is -2.05. The molecule has 0 saturated carbocycles. The van der Waals surface area contributed by atoms with Crippen molar-refractivity contribution in [2.45, 2.75) is 6.54 Å². The highest BCUT2D eigenvalue weighted by Gasteiger charge is 2.06. The lowest BCUT2D eigenvalue weighted by atomic mass is 10.2. The normalized spacial score (nSPS) is 10.7. The van der Waals surface area contributed by atoms with Gasteiger partial charge in [-0.3, -0.25) is 15.1 Å². The quantitative estimate of drug-likeness (QED) is 0.477. The fourth-order valence-corrected chi connectivity index (χ4v) is 1.60. The molecule has 0 aliphatic carbocycles. The van der Waals surface area contributed by atoms with Gasteiger partial charge in [0.25, 0.3) is 5.69 Å². The molecule has 0 N–H and O–H groups in total. The number of hydrogen-bond donors (Lipinski definition) is 0. The molecule has 0 heterocycles. The van der Waals surface area contributed by atoms with E-state index < -0.39 is 16.4 Å². The molecule has 2 aromatic rings. The van der Waals surface area contributed by atoms with Crippen LogP contribution in [0.25, 0.3) is 0 Å². The van der Waals surface area contributed by atoms with Gasteiger partial charge in [-0.25, -0.2) is 0 Å². The molecule has 0 aliphatic rings.